The van der Waals surface area contributed by atoms with E-state index in [0.29, 0.717) is 23.9 Å². The van der Waals surface area contributed by atoms with Crippen molar-refractivity contribution in [3.05, 3.63) is 11.6 Å². The molecule has 96 valence electrons. The van der Waals surface area contributed by atoms with Crippen LogP contribution in [0.1, 0.15) is 33.1 Å². The van der Waals surface area contributed by atoms with Crippen LogP contribution in [0.15, 0.2) is 11.6 Å². The number of carbonyl (C=O) groups is 2. The summed E-state index contributed by atoms with van der Waals surface area (Å²) in [7, 11) is 0. The van der Waals surface area contributed by atoms with Gasteiger partial charge in [-0.2, -0.15) is 0 Å². The second kappa shape index (κ2) is 3.63. The number of ketones is 1. The molecule has 1 heterocycles. The lowest BCUT2D eigenvalue weighted by atomic mass is 9.70. The second-order valence-corrected chi connectivity index (χ2v) is 6.76. The van der Waals surface area contributed by atoms with E-state index < -0.39 is 5.41 Å². The van der Waals surface area contributed by atoms with Gasteiger partial charge in [-0.25, -0.2) is 4.98 Å². The summed E-state index contributed by atoms with van der Waals surface area (Å²) in [5.74, 6) is 0.308. The summed E-state index contributed by atoms with van der Waals surface area (Å²) >= 11 is 1.38. The van der Waals surface area contributed by atoms with Crippen LogP contribution in [0.2, 0.25) is 0 Å². The summed E-state index contributed by atoms with van der Waals surface area (Å²) in [6.07, 6.45) is 4.02. The first-order chi connectivity index (χ1) is 8.47. The normalized spacial score (nSPS) is 32.8. The van der Waals surface area contributed by atoms with Gasteiger partial charge in [0, 0.05) is 17.0 Å². The Morgan fingerprint density at radius 1 is 1.56 bits per heavy atom. The molecule has 1 amide bonds. The quantitative estimate of drug-likeness (QED) is 0.835. The van der Waals surface area contributed by atoms with Gasteiger partial charge in [0.15, 0.2) is 10.9 Å². The average molecular weight is 264 g/mol. The molecule has 3 rings (SSSR count). The third kappa shape index (κ3) is 1.40. The first-order valence-electron chi connectivity index (χ1n) is 6.23. The van der Waals surface area contributed by atoms with Gasteiger partial charge in [0.2, 0.25) is 5.91 Å². The first-order valence-corrected chi connectivity index (χ1v) is 7.11. The number of hydrogen-bond acceptors (Lipinski definition) is 4. The average Bonchev–Trinajstić information content (AvgIpc) is 2.98. The number of nitrogens with one attached hydrogen (secondary N) is 1. The fourth-order valence-corrected chi connectivity index (χ4v) is 4.00. The SMILES string of the molecule is CC1(C)C(=O)[C@]2(C(=O)Nc3nccs3)CC[C@H]1C2. The monoisotopic (exact) mass is 264 g/mol. The predicted molar refractivity (Wildman–Crippen MR) is 69.3 cm³/mol. The number of anilines is 1. The third-order valence-electron chi connectivity index (χ3n) is 4.64. The van der Waals surface area contributed by atoms with Crippen molar-refractivity contribution < 1.29 is 9.59 Å². The van der Waals surface area contributed by atoms with E-state index in [1.165, 1.54) is 11.3 Å². The van der Waals surface area contributed by atoms with Crippen molar-refractivity contribution in [2.75, 3.05) is 5.32 Å². The minimum Gasteiger partial charge on any atom is -0.301 e. The Morgan fingerprint density at radius 3 is 2.89 bits per heavy atom. The largest absolute Gasteiger partial charge is 0.301 e. The topological polar surface area (TPSA) is 59.1 Å². The molecule has 0 aliphatic heterocycles. The zero-order chi connectivity index (χ0) is 13.0. The number of aromatic nitrogens is 1. The van der Waals surface area contributed by atoms with E-state index in [1.807, 2.05) is 19.2 Å². The number of nitrogens with zero attached hydrogens (tertiary/aromatic N) is 1. The Kier molecular flexibility index (Phi) is 2.39. The predicted octanol–water partition coefficient (Wildman–Crippen LogP) is 2.48. The Hall–Kier alpha value is -1.23. The molecule has 2 bridgehead atoms. The van der Waals surface area contributed by atoms with Crippen LogP contribution in [0.3, 0.4) is 0 Å². The smallest absolute Gasteiger partial charge is 0.239 e. The molecule has 5 heteroatoms. The zero-order valence-electron chi connectivity index (χ0n) is 10.5. The number of thiazole rings is 1. The molecule has 1 N–H and O–H groups in total. The number of fused-ring (bicyclic) bond motifs is 2. The van der Waals surface area contributed by atoms with Crippen LogP contribution in [0.5, 0.6) is 0 Å². The molecule has 2 atom stereocenters. The molecule has 4 nitrogen and oxygen atoms in total. The molecule has 2 saturated carbocycles. The Labute approximate surface area is 110 Å². The maximum Gasteiger partial charge on any atom is 0.239 e. The van der Waals surface area contributed by atoms with Crippen molar-refractivity contribution in [3.8, 4) is 0 Å². The molecule has 0 saturated heterocycles. The highest BCUT2D eigenvalue weighted by Crippen LogP contribution is 2.60. The van der Waals surface area contributed by atoms with E-state index in [-0.39, 0.29) is 17.1 Å². The van der Waals surface area contributed by atoms with Crippen LogP contribution >= 0.6 is 11.3 Å². The molecule has 2 aliphatic carbocycles. The molecule has 2 aliphatic rings. The van der Waals surface area contributed by atoms with Crippen molar-refractivity contribution in [1.29, 1.82) is 0 Å². The van der Waals surface area contributed by atoms with E-state index in [9.17, 15) is 9.59 Å². The van der Waals surface area contributed by atoms with Crippen molar-refractivity contribution in [2.24, 2.45) is 16.7 Å². The summed E-state index contributed by atoms with van der Waals surface area (Å²) in [6.45, 7) is 3.94. The Morgan fingerprint density at radius 2 is 2.33 bits per heavy atom. The highest BCUT2D eigenvalue weighted by molar-refractivity contribution is 7.13. The lowest BCUT2D eigenvalue weighted by Gasteiger charge is -2.32. The fourth-order valence-electron chi connectivity index (χ4n) is 3.48. The van der Waals surface area contributed by atoms with Crippen molar-refractivity contribution >= 4 is 28.2 Å². The summed E-state index contributed by atoms with van der Waals surface area (Å²) < 4.78 is 0. The van der Waals surface area contributed by atoms with Crippen LogP contribution in [-0.2, 0) is 9.59 Å². The fraction of sp³-hybridized carbons (Fsp3) is 0.615. The molecule has 0 radical (unpaired) electrons. The van der Waals surface area contributed by atoms with Gasteiger partial charge in [0.25, 0.3) is 0 Å². The maximum absolute atomic E-state index is 12.5. The number of amides is 1. The van der Waals surface area contributed by atoms with Crippen LogP contribution < -0.4 is 5.32 Å². The highest BCUT2D eigenvalue weighted by Gasteiger charge is 2.65. The molecule has 1 aromatic heterocycles. The summed E-state index contributed by atoms with van der Waals surface area (Å²) in [5.41, 5.74) is -1.14. The number of hydrogen-bond donors (Lipinski definition) is 1. The van der Waals surface area contributed by atoms with E-state index in [2.05, 4.69) is 10.3 Å². The molecular weight excluding hydrogens is 248 g/mol. The zero-order valence-corrected chi connectivity index (χ0v) is 11.3. The van der Waals surface area contributed by atoms with Crippen LogP contribution in [0.4, 0.5) is 5.13 Å². The minimum absolute atomic E-state index is 0.111. The molecule has 0 spiro atoms. The van der Waals surface area contributed by atoms with Crippen LogP contribution in [0.25, 0.3) is 0 Å². The van der Waals surface area contributed by atoms with E-state index in [0.717, 1.165) is 6.42 Å². The Balaban J connectivity index is 1.88. The number of rotatable bonds is 2. The second-order valence-electron chi connectivity index (χ2n) is 5.86. The summed E-state index contributed by atoms with van der Waals surface area (Å²) in [4.78, 5) is 29.0. The van der Waals surface area contributed by atoms with Crippen molar-refractivity contribution in [2.45, 2.75) is 33.1 Å². The van der Waals surface area contributed by atoms with E-state index >= 15 is 0 Å². The van der Waals surface area contributed by atoms with Gasteiger partial charge in [-0.3, -0.25) is 9.59 Å². The standard InChI is InChI=1S/C13H16N2O2S/c1-12(2)8-3-4-13(7-8,9(12)16)10(17)15-11-14-5-6-18-11/h5-6,8H,3-4,7H2,1-2H3,(H,14,15,17)/t8-,13-/m0/s1. The van der Waals surface area contributed by atoms with Crippen molar-refractivity contribution in [1.82, 2.24) is 4.98 Å². The number of carbonyl (C=O) groups excluding carboxylic acids is 2. The first kappa shape index (κ1) is 11.8. The number of Topliss-reactive ketones (excluding diaryl/α,β-unsaturated/α-hetero) is 1. The van der Waals surface area contributed by atoms with Gasteiger partial charge in [0.05, 0.1) is 0 Å². The van der Waals surface area contributed by atoms with Gasteiger partial charge in [-0.05, 0) is 25.2 Å². The van der Waals surface area contributed by atoms with Gasteiger partial charge in [-0.15, -0.1) is 11.3 Å². The molecule has 0 aromatic carbocycles. The van der Waals surface area contributed by atoms with Gasteiger partial charge in [0.1, 0.15) is 5.41 Å². The molecule has 18 heavy (non-hydrogen) atoms. The maximum atomic E-state index is 12.5. The molecule has 1 aromatic rings. The molecular formula is C13H16N2O2S. The van der Waals surface area contributed by atoms with Gasteiger partial charge >= 0.3 is 0 Å². The molecule has 2 fully saturated rings. The van der Waals surface area contributed by atoms with Gasteiger partial charge in [-0.1, -0.05) is 13.8 Å². The van der Waals surface area contributed by atoms with Crippen LogP contribution in [0, 0.1) is 16.7 Å². The van der Waals surface area contributed by atoms with Crippen LogP contribution in [-0.4, -0.2) is 16.7 Å². The summed E-state index contributed by atoms with van der Waals surface area (Å²) in [6, 6.07) is 0. The molecule has 0 unspecified atom stereocenters. The van der Waals surface area contributed by atoms with E-state index in [4.69, 9.17) is 0 Å². The lowest BCUT2D eigenvalue weighted by Crippen LogP contribution is -2.44. The highest BCUT2D eigenvalue weighted by atomic mass is 32.1. The Bertz CT molecular complexity index is 509. The summed E-state index contributed by atoms with van der Waals surface area (Å²) in [5, 5.41) is 5.19. The van der Waals surface area contributed by atoms with Gasteiger partial charge < -0.3 is 5.32 Å². The third-order valence-corrected chi connectivity index (χ3v) is 5.33. The van der Waals surface area contributed by atoms with Crippen molar-refractivity contribution in [3.63, 3.8) is 0 Å². The minimum atomic E-state index is -0.792. The van der Waals surface area contributed by atoms with E-state index in [1.54, 1.807) is 6.20 Å². The lowest BCUT2D eigenvalue weighted by molar-refractivity contribution is -0.142.